The second-order valence-electron chi connectivity index (χ2n) is 6.25. The first-order valence-electron chi connectivity index (χ1n) is 7.68. The fourth-order valence-corrected chi connectivity index (χ4v) is 4.38. The molecular weight excluding hydrogens is 316 g/mol. The molecule has 0 spiro atoms. The quantitative estimate of drug-likeness (QED) is 0.820. The van der Waals surface area contributed by atoms with Crippen molar-refractivity contribution in [3.63, 3.8) is 0 Å². The second kappa shape index (κ2) is 5.46. The predicted octanol–water partition coefficient (Wildman–Crippen LogP) is 1.74. The van der Waals surface area contributed by atoms with Gasteiger partial charge in [-0.3, -0.25) is 4.79 Å². The van der Waals surface area contributed by atoms with Gasteiger partial charge in [0.15, 0.2) is 15.6 Å². The molecule has 23 heavy (non-hydrogen) atoms. The summed E-state index contributed by atoms with van der Waals surface area (Å²) in [4.78, 5) is 12.4. The highest BCUT2D eigenvalue weighted by molar-refractivity contribution is 7.92. The molecule has 2 aliphatic rings. The third kappa shape index (κ3) is 2.70. The van der Waals surface area contributed by atoms with Crippen LogP contribution in [0, 0.1) is 0 Å². The normalized spacial score (nSPS) is 24.7. The predicted molar refractivity (Wildman–Crippen MR) is 84.7 cm³/mol. The van der Waals surface area contributed by atoms with Gasteiger partial charge in [-0.2, -0.15) is 0 Å². The standard InChI is InChI=1S/C17H20O5S/c1-11(10-18)22-16-9-17(16,12(2)19)13-3-5-14(6-4-13)23(20,21)15-7-8-15/h3-6,9,11,15,18H,7-8,10H2,1-2H3/t11-,17+/m1/s1. The van der Waals surface area contributed by atoms with Crippen molar-refractivity contribution >= 4 is 15.6 Å². The summed E-state index contributed by atoms with van der Waals surface area (Å²) in [7, 11) is -3.23. The van der Waals surface area contributed by atoms with Crippen molar-refractivity contribution in [1.82, 2.24) is 0 Å². The van der Waals surface area contributed by atoms with Gasteiger partial charge in [-0.25, -0.2) is 8.42 Å². The van der Waals surface area contributed by atoms with E-state index in [9.17, 15) is 13.2 Å². The van der Waals surface area contributed by atoms with E-state index in [1.807, 2.05) is 0 Å². The van der Waals surface area contributed by atoms with Crippen molar-refractivity contribution < 1.29 is 23.1 Å². The number of hydrogen-bond acceptors (Lipinski definition) is 5. The molecule has 2 aliphatic carbocycles. The van der Waals surface area contributed by atoms with Gasteiger partial charge in [0.1, 0.15) is 17.3 Å². The number of rotatable bonds is 7. The van der Waals surface area contributed by atoms with E-state index in [-0.39, 0.29) is 17.6 Å². The summed E-state index contributed by atoms with van der Waals surface area (Å²) in [5.74, 6) is 0.430. The molecule has 3 rings (SSSR count). The molecule has 1 N–H and O–H groups in total. The number of allylic oxidation sites excluding steroid dienone is 2. The van der Waals surface area contributed by atoms with Crippen LogP contribution in [0.5, 0.6) is 0 Å². The van der Waals surface area contributed by atoms with Crippen LogP contribution < -0.4 is 0 Å². The molecule has 0 bridgehead atoms. The third-order valence-electron chi connectivity index (χ3n) is 4.39. The van der Waals surface area contributed by atoms with Gasteiger partial charge in [0.05, 0.1) is 16.8 Å². The Morgan fingerprint density at radius 1 is 1.35 bits per heavy atom. The van der Waals surface area contributed by atoms with E-state index < -0.39 is 21.4 Å². The zero-order valence-electron chi connectivity index (χ0n) is 13.2. The maximum atomic E-state index is 12.2. The van der Waals surface area contributed by atoms with E-state index in [2.05, 4.69) is 0 Å². The Kier molecular flexibility index (Phi) is 3.84. The van der Waals surface area contributed by atoms with E-state index in [1.165, 1.54) is 6.92 Å². The topological polar surface area (TPSA) is 80.7 Å². The maximum absolute atomic E-state index is 12.2. The number of aliphatic hydroxyl groups is 1. The Morgan fingerprint density at radius 2 is 1.96 bits per heavy atom. The van der Waals surface area contributed by atoms with E-state index in [4.69, 9.17) is 9.84 Å². The Hall–Kier alpha value is -1.66. The zero-order chi connectivity index (χ0) is 16.8. The fourth-order valence-electron chi connectivity index (χ4n) is 2.72. The molecule has 0 aromatic heterocycles. The van der Waals surface area contributed by atoms with Gasteiger partial charge in [0.25, 0.3) is 0 Å². The minimum absolute atomic E-state index is 0.0876. The van der Waals surface area contributed by atoms with Crippen LogP contribution in [-0.2, 0) is 24.8 Å². The summed E-state index contributed by atoms with van der Waals surface area (Å²) in [5.41, 5.74) is -0.217. The molecule has 1 saturated carbocycles. The summed E-state index contributed by atoms with van der Waals surface area (Å²) in [6.45, 7) is 3.06. The van der Waals surface area contributed by atoms with Crippen LogP contribution in [0.2, 0.25) is 0 Å². The molecule has 1 aromatic carbocycles. The maximum Gasteiger partial charge on any atom is 0.181 e. The van der Waals surface area contributed by atoms with E-state index in [0.29, 0.717) is 16.2 Å². The Labute approximate surface area is 135 Å². The van der Waals surface area contributed by atoms with Crippen molar-refractivity contribution in [2.45, 2.75) is 48.4 Å². The van der Waals surface area contributed by atoms with Gasteiger partial charge in [-0.15, -0.1) is 0 Å². The largest absolute Gasteiger partial charge is 0.491 e. The van der Waals surface area contributed by atoms with E-state index in [0.717, 1.165) is 12.8 Å². The molecule has 5 nitrogen and oxygen atoms in total. The molecule has 0 heterocycles. The molecule has 0 saturated heterocycles. The SMILES string of the molecule is CC(=O)[C@]1(c2ccc(S(=O)(=O)C3CC3)cc2)C=C1O[C@H](C)CO. The molecular formula is C17H20O5S. The van der Waals surface area contributed by atoms with Crippen LogP contribution in [0.4, 0.5) is 0 Å². The summed E-state index contributed by atoms with van der Waals surface area (Å²) in [6.07, 6.45) is 2.77. The number of carbonyl (C=O) groups is 1. The Morgan fingerprint density at radius 3 is 2.43 bits per heavy atom. The van der Waals surface area contributed by atoms with Crippen LogP contribution in [0.1, 0.15) is 32.3 Å². The van der Waals surface area contributed by atoms with Gasteiger partial charge in [-0.05, 0) is 50.5 Å². The van der Waals surface area contributed by atoms with Gasteiger partial charge < -0.3 is 9.84 Å². The lowest BCUT2D eigenvalue weighted by Gasteiger charge is -2.18. The number of hydrogen-bond donors (Lipinski definition) is 1. The van der Waals surface area contributed by atoms with Crippen LogP contribution in [0.15, 0.2) is 41.0 Å². The number of sulfone groups is 1. The van der Waals surface area contributed by atoms with Gasteiger partial charge >= 0.3 is 0 Å². The minimum Gasteiger partial charge on any atom is -0.491 e. The smallest absolute Gasteiger partial charge is 0.181 e. The lowest BCUT2D eigenvalue weighted by atomic mass is 9.89. The number of carbonyl (C=O) groups excluding carboxylic acids is 1. The van der Waals surface area contributed by atoms with Crippen LogP contribution in [0.3, 0.4) is 0 Å². The van der Waals surface area contributed by atoms with Crippen molar-refractivity contribution in [2.75, 3.05) is 6.61 Å². The van der Waals surface area contributed by atoms with Crippen LogP contribution in [0.25, 0.3) is 0 Å². The molecule has 0 amide bonds. The summed E-state index contributed by atoms with van der Waals surface area (Å²) < 4.78 is 30.0. The number of aliphatic hydroxyl groups excluding tert-OH is 1. The van der Waals surface area contributed by atoms with Crippen molar-refractivity contribution in [3.8, 4) is 0 Å². The van der Waals surface area contributed by atoms with Gasteiger partial charge in [-0.1, -0.05) is 12.1 Å². The highest BCUT2D eigenvalue weighted by Gasteiger charge is 2.53. The molecule has 2 atom stereocenters. The Bertz CT molecular complexity index is 759. The highest BCUT2D eigenvalue weighted by Crippen LogP contribution is 2.49. The lowest BCUT2D eigenvalue weighted by Crippen LogP contribution is -2.24. The van der Waals surface area contributed by atoms with Crippen molar-refractivity contribution in [1.29, 1.82) is 0 Å². The first kappa shape index (κ1) is 16.2. The molecule has 6 heteroatoms. The summed E-state index contributed by atoms with van der Waals surface area (Å²) in [6, 6.07) is 6.47. The average molecular weight is 336 g/mol. The monoisotopic (exact) mass is 336 g/mol. The second-order valence-corrected chi connectivity index (χ2v) is 8.48. The minimum atomic E-state index is -3.23. The molecule has 0 unspecified atom stereocenters. The van der Waals surface area contributed by atoms with Gasteiger partial charge in [0, 0.05) is 0 Å². The molecule has 1 aromatic rings. The molecule has 124 valence electrons. The van der Waals surface area contributed by atoms with Crippen LogP contribution in [-0.4, -0.2) is 37.3 Å². The first-order valence-corrected chi connectivity index (χ1v) is 9.23. The third-order valence-corrected chi connectivity index (χ3v) is 6.67. The zero-order valence-corrected chi connectivity index (χ0v) is 14.0. The highest BCUT2D eigenvalue weighted by atomic mass is 32.2. The Balaban J connectivity index is 1.84. The summed E-state index contributed by atoms with van der Waals surface area (Å²) >= 11 is 0. The number of ether oxygens (including phenoxy) is 1. The molecule has 0 radical (unpaired) electrons. The molecule has 0 aliphatic heterocycles. The van der Waals surface area contributed by atoms with E-state index >= 15 is 0 Å². The van der Waals surface area contributed by atoms with Crippen LogP contribution >= 0.6 is 0 Å². The molecule has 1 fully saturated rings. The number of ketones is 1. The average Bonchev–Trinajstić information content (AvgIpc) is 3.41. The fraction of sp³-hybridized carbons (Fsp3) is 0.471. The number of benzene rings is 1. The van der Waals surface area contributed by atoms with E-state index in [1.54, 1.807) is 37.3 Å². The lowest BCUT2D eigenvalue weighted by molar-refractivity contribution is -0.119. The van der Waals surface area contributed by atoms with Crippen molar-refractivity contribution in [2.24, 2.45) is 0 Å². The van der Waals surface area contributed by atoms with Gasteiger partial charge in [0.2, 0.25) is 0 Å². The summed E-state index contributed by atoms with van der Waals surface area (Å²) in [5, 5.41) is 8.82. The van der Waals surface area contributed by atoms with Crippen molar-refractivity contribution in [3.05, 3.63) is 41.7 Å². The number of Topliss-reactive ketones (excluding diaryl/α,β-unsaturated/α-hetero) is 1. The first-order chi connectivity index (χ1) is 10.8.